The van der Waals surface area contributed by atoms with Gasteiger partial charge in [0, 0.05) is 25.8 Å². The quantitative estimate of drug-likeness (QED) is 0.768. The van der Waals surface area contributed by atoms with Gasteiger partial charge in [-0.1, -0.05) is 12.2 Å². The molecule has 2 rings (SSSR count). The number of aromatic nitrogens is 1. The molecular formula is C13H18N4O. The molecule has 0 aliphatic carbocycles. The second-order valence-corrected chi connectivity index (χ2v) is 4.20. The molecule has 1 aromatic heterocycles. The number of hydrogen-bond acceptors (Lipinski definition) is 4. The number of hydrazine groups is 1. The van der Waals surface area contributed by atoms with E-state index in [0.717, 1.165) is 5.69 Å². The molecule has 5 heteroatoms. The maximum Gasteiger partial charge on any atom is 0.226 e. The first kappa shape index (κ1) is 12.6. The molecule has 0 radical (unpaired) electrons. The van der Waals surface area contributed by atoms with E-state index >= 15 is 0 Å². The number of allylic oxidation sites excluding steroid dienone is 1. The molecule has 1 aromatic rings. The van der Waals surface area contributed by atoms with E-state index in [0.29, 0.717) is 19.6 Å². The van der Waals surface area contributed by atoms with Gasteiger partial charge in [0.2, 0.25) is 5.91 Å². The number of anilines is 1. The van der Waals surface area contributed by atoms with Crippen molar-refractivity contribution in [2.24, 2.45) is 5.92 Å². The van der Waals surface area contributed by atoms with Crippen LogP contribution in [-0.2, 0) is 4.79 Å². The zero-order valence-corrected chi connectivity index (χ0v) is 10.5. The third-order valence-corrected chi connectivity index (χ3v) is 2.89. The third kappa shape index (κ3) is 3.07. The Hall–Kier alpha value is -1.88. The lowest BCUT2D eigenvalue weighted by atomic mass is 10.1. The minimum absolute atomic E-state index is 0.0181. The van der Waals surface area contributed by atoms with Gasteiger partial charge in [0.25, 0.3) is 0 Å². The van der Waals surface area contributed by atoms with Crippen LogP contribution >= 0.6 is 0 Å². The van der Waals surface area contributed by atoms with E-state index in [1.807, 2.05) is 36.2 Å². The number of pyridine rings is 1. The van der Waals surface area contributed by atoms with Crippen molar-refractivity contribution < 1.29 is 4.79 Å². The highest BCUT2D eigenvalue weighted by Gasteiger charge is 2.27. The van der Waals surface area contributed by atoms with Crippen molar-refractivity contribution in [1.82, 2.24) is 15.7 Å². The molecule has 96 valence electrons. The van der Waals surface area contributed by atoms with Crippen molar-refractivity contribution in [2.45, 2.75) is 6.92 Å². The molecule has 0 bridgehead atoms. The fourth-order valence-electron chi connectivity index (χ4n) is 1.88. The van der Waals surface area contributed by atoms with Gasteiger partial charge in [0.1, 0.15) is 0 Å². The predicted octanol–water partition coefficient (Wildman–Crippen LogP) is 0.715. The van der Waals surface area contributed by atoms with E-state index in [9.17, 15) is 4.79 Å². The van der Waals surface area contributed by atoms with Crippen molar-refractivity contribution in [3.8, 4) is 0 Å². The molecule has 1 aliphatic heterocycles. The van der Waals surface area contributed by atoms with Crippen molar-refractivity contribution in [1.29, 1.82) is 0 Å². The predicted molar refractivity (Wildman–Crippen MR) is 70.9 cm³/mol. The average molecular weight is 246 g/mol. The number of carbonyl (C=O) groups excluding carboxylic acids is 1. The monoisotopic (exact) mass is 246 g/mol. The summed E-state index contributed by atoms with van der Waals surface area (Å²) in [6.07, 6.45) is 7.38. The Morgan fingerprint density at radius 2 is 2.61 bits per heavy atom. The topological polar surface area (TPSA) is 57.3 Å². The SMILES string of the molecule is C/C=C/CNC(=O)C1CNN(c2cccnc2)C1. The third-order valence-electron chi connectivity index (χ3n) is 2.89. The molecule has 18 heavy (non-hydrogen) atoms. The van der Waals surface area contributed by atoms with Gasteiger partial charge in [0.15, 0.2) is 0 Å². The van der Waals surface area contributed by atoms with Crippen LogP contribution in [0.25, 0.3) is 0 Å². The maximum atomic E-state index is 11.9. The Morgan fingerprint density at radius 1 is 1.72 bits per heavy atom. The van der Waals surface area contributed by atoms with Gasteiger partial charge < -0.3 is 10.3 Å². The Morgan fingerprint density at radius 3 is 3.33 bits per heavy atom. The van der Waals surface area contributed by atoms with E-state index in [4.69, 9.17) is 0 Å². The molecule has 1 amide bonds. The molecule has 0 saturated carbocycles. The van der Waals surface area contributed by atoms with E-state index in [1.165, 1.54) is 0 Å². The summed E-state index contributed by atoms with van der Waals surface area (Å²) in [7, 11) is 0. The van der Waals surface area contributed by atoms with Gasteiger partial charge in [0.05, 0.1) is 17.8 Å². The molecule has 5 nitrogen and oxygen atoms in total. The number of hydrogen-bond donors (Lipinski definition) is 2. The average Bonchev–Trinajstić information content (AvgIpc) is 2.89. The molecule has 0 spiro atoms. The van der Waals surface area contributed by atoms with Gasteiger partial charge in [-0.05, 0) is 19.1 Å². The zero-order valence-electron chi connectivity index (χ0n) is 10.5. The summed E-state index contributed by atoms with van der Waals surface area (Å²) >= 11 is 0. The molecule has 1 saturated heterocycles. The second kappa shape index (κ2) is 6.16. The molecule has 0 aromatic carbocycles. The van der Waals surface area contributed by atoms with Crippen LogP contribution in [0.15, 0.2) is 36.7 Å². The van der Waals surface area contributed by atoms with E-state index in [1.54, 1.807) is 12.4 Å². The van der Waals surface area contributed by atoms with Crippen LogP contribution in [0.5, 0.6) is 0 Å². The lowest BCUT2D eigenvalue weighted by Gasteiger charge is -2.17. The van der Waals surface area contributed by atoms with Gasteiger partial charge in [-0.25, -0.2) is 5.43 Å². The first-order valence-electron chi connectivity index (χ1n) is 6.11. The smallest absolute Gasteiger partial charge is 0.226 e. The molecular weight excluding hydrogens is 228 g/mol. The largest absolute Gasteiger partial charge is 0.352 e. The Bertz CT molecular complexity index is 418. The highest BCUT2D eigenvalue weighted by molar-refractivity contribution is 5.80. The fraction of sp³-hybridized carbons (Fsp3) is 0.385. The summed E-state index contributed by atoms with van der Waals surface area (Å²) in [4.78, 5) is 15.9. The van der Waals surface area contributed by atoms with Crippen LogP contribution in [0.3, 0.4) is 0 Å². The van der Waals surface area contributed by atoms with Crippen LogP contribution in [0.2, 0.25) is 0 Å². The number of amides is 1. The van der Waals surface area contributed by atoms with Crippen LogP contribution in [0.1, 0.15) is 6.92 Å². The van der Waals surface area contributed by atoms with Crippen molar-refractivity contribution in [2.75, 3.05) is 24.6 Å². The molecule has 1 atom stereocenters. The standard InChI is InChI=1S/C13H18N4O/c1-2-3-7-15-13(18)11-8-16-17(10-11)12-5-4-6-14-9-12/h2-6,9,11,16H,7-8,10H2,1H3,(H,15,18)/b3-2+. The summed E-state index contributed by atoms with van der Waals surface area (Å²) < 4.78 is 0. The van der Waals surface area contributed by atoms with Gasteiger partial charge >= 0.3 is 0 Å². The summed E-state index contributed by atoms with van der Waals surface area (Å²) in [6.45, 7) is 3.87. The van der Waals surface area contributed by atoms with Gasteiger partial charge in [-0.15, -0.1) is 0 Å². The Labute approximate surface area is 107 Å². The first-order valence-corrected chi connectivity index (χ1v) is 6.11. The van der Waals surface area contributed by atoms with Crippen molar-refractivity contribution in [3.05, 3.63) is 36.7 Å². The van der Waals surface area contributed by atoms with E-state index in [-0.39, 0.29) is 11.8 Å². The summed E-state index contributed by atoms with van der Waals surface area (Å²) in [6, 6.07) is 3.86. The number of nitrogens with one attached hydrogen (secondary N) is 2. The Balaban J connectivity index is 1.86. The van der Waals surface area contributed by atoms with Gasteiger partial charge in [-0.3, -0.25) is 9.78 Å². The first-order chi connectivity index (χ1) is 8.81. The minimum Gasteiger partial charge on any atom is -0.352 e. The number of nitrogens with zero attached hydrogens (tertiary/aromatic N) is 2. The van der Waals surface area contributed by atoms with Crippen LogP contribution in [0.4, 0.5) is 5.69 Å². The second-order valence-electron chi connectivity index (χ2n) is 4.20. The number of carbonyl (C=O) groups is 1. The zero-order chi connectivity index (χ0) is 12.8. The molecule has 2 N–H and O–H groups in total. The van der Waals surface area contributed by atoms with Crippen LogP contribution in [0, 0.1) is 5.92 Å². The maximum absolute atomic E-state index is 11.9. The summed E-state index contributed by atoms with van der Waals surface area (Å²) in [5.41, 5.74) is 4.20. The van der Waals surface area contributed by atoms with Crippen LogP contribution < -0.4 is 15.8 Å². The lowest BCUT2D eigenvalue weighted by molar-refractivity contribution is -0.123. The number of rotatable bonds is 4. The van der Waals surface area contributed by atoms with Crippen molar-refractivity contribution in [3.63, 3.8) is 0 Å². The van der Waals surface area contributed by atoms with E-state index < -0.39 is 0 Å². The highest BCUT2D eigenvalue weighted by Crippen LogP contribution is 2.16. The molecule has 1 aliphatic rings. The highest BCUT2D eigenvalue weighted by atomic mass is 16.2. The molecule has 1 unspecified atom stereocenters. The fourth-order valence-corrected chi connectivity index (χ4v) is 1.88. The Kier molecular flexibility index (Phi) is 4.30. The lowest BCUT2D eigenvalue weighted by Crippen LogP contribution is -2.33. The summed E-state index contributed by atoms with van der Waals surface area (Å²) in [5.74, 6) is 0.0717. The normalized spacial score (nSPS) is 19.4. The van der Waals surface area contributed by atoms with E-state index in [2.05, 4.69) is 15.7 Å². The van der Waals surface area contributed by atoms with Gasteiger partial charge in [-0.2, -0.15) is 0 Å². The van der Waals surface area contributed by atoms with Crippen LogP contribution in [-0.4, -0.2) is 30.5 Å². The minimum atomic E-state index is -0.0181. The molecule has 1 fully saturated rings. The van der Waals surface area contributed by atoms with Crippen molar-refractivity contribution >= 4 is 11.6 Å². The summed E-state index contributed by atoms with van der Waals surface area (Å²) in [5, 5.41) is 4.85. The molecule has 2 heterocycles.